The molecule has 0 amide bonds. The summed E-state index contributed by atoms with van der Waals surface area (Å²) < 4.78 is 0. The van der Waals surface area contributed by atoms with Crippen molar-refractivity contribution >= 4 is 35.4 Å². The summed E-state index contributed by atoms with van der Waals surface area (Å²) >= 11 is 0. The van der Waals surface area contributed by atoms with Gasteiger partial charge >= 0.3 is 118 Å². The van der Waals surface area contributed by atoms with Crippen molar-refractivity contribution in [2.45, 2.75) is 0 Å². The molecule has 2 aromatic carbocycles. The Morgan fingerprint density at radius 2 is 0.930 bits per heavy atom. The minimum Gasteiger partial charge on any atom is -0.549 e. The molecule has 0 aliphatic heterocycles. The molecule has 3 rings (SSSR count). The first kappa shape index (κ1) is 49.0. The van der Waals surface area contributed by atoms with Crippen LogP contribution in [0.1, 0.15) is 31.8 Å². The van der Waals surface area contributed by atoms with Crippen molar-refractivity contribution in [3.8, 4) is 11.5 Å². The second-order valence-corrected chi connectivity index (χ2v) is 7.97. The summed E-state index contributed by atoms with van der Waals surface area (Å²) in [6.07, 6.45) is 0. The van der Waals surface area contributed by atoms with E-state index in [0.717, 1.165) is 9.80 Å². The third-order valence-electron chi connectivity index (χ3n) is 5.19. The second kappa shape index (κ2) is 23.5. The maximum absolute atomic E-state index is 12.2. The van der Waals surface area contributed by atoms with E-state index in [1.165, 1.54) is 18.2 Å². The minimum absolute atomic E-state index is 0. The van der Waals surface area contributed by atoms with Gasteiger partial charge in [-0.15, -0.1) is 0 Å². The van der Waals surface area contributed by atoms with Crippen LogP contribution >= 0.6 is 0 Å². The fraction of sp³-hybridized carbons (Fsp3) is 0.250. The first-order valence-corrected chi connectivity index (χ1v) is 10.8. The molecule has 4 N–H and O–H groups in total. The number of fused-ring (bicyclic) bond motifs is 2. The molecule has 19 heteroatoms. The predicted molar refractivity (Wildman–Crippen MR) is 120 cm³/mol. The summed E-state index contributed by atoms with van der Waals surface area (Å²) in [5.41, 5.74) is 0.559. The van der Waals surface area contributed by atoms with Crippen LogP contribution in [0.15, 0.2) is 36.4 Å². The van der Waals surface area contributed by atoms with Gasteiger partial charge in [-0.25, -0.2) is 0 Å². The Morgan fingerprint density at radius 1 is 0.581 bits per heavy atom. The number of carbonyl (C=O) groups is 6. The number of ketones is 2. The maximum atomic E-state index is 12.2. The molecule has 0 heterocycles. The molecule has 0 spiro atoms. The zero-order valence-corrected chi connectivity index (χ0v) is 32.1. The molecular weight excluding hydrogens is 616 g/mol. The molecule has 0 saturated carbocycles. The summed E-state index contributed by atoms with van der Waals surface area (Å²) in [7, 11) is 0. The van der Waals surface area contributed by atoms with Crippen LogP contribution in [0.5, 0.6) is 11.5 Å². The first-order chi connectivity index (χ1) is 17.8. The zero-order valence-electron chi connectivity index (χ0n) is 24.1. The number of aliphatic carboxylic acids is 4. The van der Waals surface area contributed by atoms with Gasteiger partial charge < -0.3 is 55.3 Å². The number of rotatable bonds is 11. The van der Waals surface area contributed by atoms with Crippen molar-refractivity contribution in [2.75, 3.05) is 39.3 Å². The van der Waals surface area contributed by atoms with Crippen LogP contribution in [0.2, 0.25) is 0 Å². The number of aromatic hydroxyl groups is 2. The largest absolute Gasteiger partial charge is 1.00 e. The Bertz CT molecular complexity index is 1230. The van der Waals surface area contributed by atoms with Crippen LogP contribution in [-0.2, 0) is 19.2 Å². The molecule has 0 radical (unpaired) electrons. The molecule has 0 atom stereocenters. The fourth-order valence-corrected chi connectivity index (χ4v) is 3.60. The first-order valence-electron chi connectivity index (χ1n) is 10.8. The van der Waals surface area contributed by atoms with E-state index in [2.05, 4.69) is 0 Å². The summed E-state index contributed by atoms with van der Waals surface area (Å²) in [4.78, 5) is 67.8. The number of phenolic OH excluding ortho intramolecular Hbond substituents is 2. The summed E-state index contributed by atoms with van der Waals surface area (Å²) in [6, 6.07) is 8.97. The maximum Gasteiger partial charge on any atom is 1.00 e. The van der Waals surface area contributed by atoms with E-state index < -0.39 is 67.3 Å². The van der Waals surface area contributed by atoms with Crippen molar-refractivity contribution in [1.82, 2.24) is 9.80 Å². The molecule has 0 unspecified atom stereocenters. The number of carbonyl (C=O) groups excluding carboxylic acids is 6. The van der Waals surface area contributed by atoms with Gasteiger partial charge in [0.05, 0.1) is 29.4 Å². The van der Waals surface area contributed by atoms with Crippen molar-refractivity contribution in [2.24, 2.45) is 0 Å². The fourth-order valence-electron chi connectivity index (χ4n) is 3.60. The van der Waals surface area contributed by atoms with E-state index in [1.807, 2.05) is 0 Å². The van der Waals surface area contributed by atoms with Crippen LogP contribution < -0.4 is 139 Å². The van der Waals surface area contributed by atoms with Crippen LogP contribution in [-0.4, -0.2) is 100 Å². The van der Waals surface area contributed by atoms with E-state index in [4.69, 9.17) is 0 Å². The summed E-state index contributed by atoms with van der Waals surface area (Å²) in [5, 5.41) is 60.8. The monoisotopic (exact) mass is 638 g/mol. The topological polar surface area (TPSA) is 273 Å². The summed E-state index contributed by atoms with van der Waals surface area (Å²) in [6.45, 7) is -3.25. The molecule has 1 aliphatic carbocycles. The van der Waals surface area contributed by atoms with E-state index in [9.17, 15) is 59.4 Å². The van der Waals surface area contributed by atoms with Crippen molar-refractivity contribution in [3.63, 3.8) is 0 Å². The summed E-state index contributed by atoms with van der Waals surface area (Å²) in [5.74, 6) is -7.84. The van der Waals surface area contributed by atoms with Crippen LogP contribution in [0, 0.1) is 0 Å². The number of carboxylic acids is 4. The Hall–Kier alpha value is -0.860. The van der Waals surface area contributed by atoms with Gasteiger partial charge in [0.25, 0.3) is 0 Å². The second-order valence-electron chi connectivity index (χ2n) is 7.97. The average Bonchev–Trinajstić information content (AvgIpc) is 2.81. The number of hydrogen-bond acceptors (Lipinski definition) is 14. The molecule has 0 aromatic heterocycles. The Kier molecular flexibility index (Phi) is 26.8. The molecule has 0 fully saturated rings. The number of benzene rings is 2. The van der Waals surface area contributed by atoms with E-state index >= 15 is 0 Å². The number of phenols is 2. The van der Waals surface area contributed by atoms with Crippen molar-refractivity contribution < 1.29 is 183 Å². The van der Waals surface area contributed by atoms with Crippen molar-refractivity contribution in [1.29, 1.82) is 0 Å². The molecule has 210 valence electrons. The molecule has 1 aliphatic rings. The van der Waals surface area contributed by atoms with E-state index in [0.29, 0.717) is 5.56 Å². The van der Waals surface area contributed by atoms with E-state index in [1.54, 1.807) is 18.2 Å². The normalized spacial score (nSPS) is 10.5. The molecule has 43 heavy (non-hydrogen) atoms. The standard InChI is InChI=1S/C14H8O4.C10H16N2O8.4Na.H2O/c15-10-6-5-9-11(14(10)18)13(17)8-4-2-1-3-7(8)12(9)16;13-7(14)3-11(4-8(15)16)1-2-12(5-9(17)18)6-10(19)20;;;;;/h1-6,15,18H;1-6H2,(H,13,14)(H,15,16)(H,17,18)(H,19,20);;;;;1H2/q;;4*+1;/p-4. The third-order valence-corrected chi connectivity index (χ3v) is 5.19. The third kappa shape index (κ3) is 15.3. The van der Waals surface area contributed by atoms with Gasteiger partial charge in [0.2, 0.25) is 0 Å². The van der Waals surface area contributed by atoms with Crippen molar-refractivity contribution in [3.05, 3.63) is 58.7 Å². The number of hydrogen-bond donors (Lipinski definition) is 2. The molecule has 15 nitrogen and oxygen atoms in total. The van der Waals surface area contributed by atoms with Gasteiger partial charge in [-0.3, -0.25) is 19.4 Å². The average molecular weight is 638 g/mol. The number of carboxylic acid groups (broad SMARTS) is 4. The van der Waals surface area contributed by atoms with Gasteiger partial charge in [0.15, 0.2) is 23.1 Å². The molecular formula is C24H22N2Na4O13. The van der Waals surface area contributed by atoms with Gasteiger partial charge in [0, 0.05) is 56.0 Å². The Morgan fingerprint density at radius 3 is 1.28 bits per heavy atom. The van der Waals surface area contributed by atoms with Gasteiger partial charge in [-0.2, -0.15) is 0 Å². The SMILES string of the molecule is O.O=C([O-])CN(CCN(CC(=O)[O-])CC(=O)[O-])CC(=O)[O-].O=C1c2ccccc2C(=O)c2c1ccc(O)c2O.[Na+].[Na+].[Na+].[Na+]. The Balaban J connectivity index is -0.000000317. The Labute approximate surface area is 333 Å². The van der Waals surface area contributed by atoms with E-state index in [-0.39, 0.29) is 159 Å². The van der Waals surface area contributed by atoms with Gasteiger partial charge in [0.1, 0.15) is 0 Å². The quantitative estimate of drug-likeness (QED) is 0.146. The van der Waals surface area contributed by atoms with Crippen LogP contribution in [0.3, 0.4) is 0 Å². The molecule has 2 aromatic rings. The zero-order chi connectivity index (χ0) is 28.6. The van der Waals surface area contributed by atoms with Crippen LogP contribution in [0.25, 0.3) is 0 Å². The smallest absolute Gasteiger partial charge is 0.549 e. The van der Waals surface area contributed by atoms with Gasteiger partial charge in [-0.1, -0.05) is 24.3 Å². The molecule has 0 saturated heterocycles. The predicted octanol–water partition coefficient (Wildman–Crippen LogP) is -18.3. The minimum atomic E-state index is -1.53. The van der Waals surface area contributed by atoms with Crippen LogP contribution in [0.4, 0.5) is 0 Å². The van der Waals surface area contributed by atoms with Gasteiger partial charge in [-0.05, 0) is 12.1 Å². The molecule has 0 bridgehead atoms. The number of nitrogens with zero attached hydrogens (tertiary/aromatic N) is 2.